The molecule has 10 heteroatoms. The zero-order valence-electron chi connectivity index (χ0n) is 15.7. The molecular formula is C18H19N7O3. The first-order valence-corrected chi connectivity index (χ1v) is 8.58. The lowest BCUT2D eigenvalue weighted by atomic mass is 10.0. The highest BCUT2D eigenvalue weighted by atomic mass is 16.6. The zero-order valence-corrected chi connectivity index (χ0v) is 15.7. The van der Waals surface area contributed by atoms with Crippen molar-refractivity contribution in [2.75, 3.05) is 10.2 Å². The van der Waals surface area contributed by atoms with Gasteiger partial charge in [-0.2, -0.15) is 10.5 Å². The number of aryl methyl sites for hydroxylation is 1. The van der Waals surface area contributed by atoms with Gasteiger partial charge in [0.05, 0.1) is 5.69 Å². The molecule has 1 aliphatic rings. The Morgan fingerprint density at radius 3 is 2.82 bits per heavy atom. The van der Waals surface area contributed by atoms with Crippen LogP contribution in [0.3, 0.4) is 0 Å². The van der Waals surface area contributed by atoms with Crippen molar-refractivity contribution in [3.05, 3.63) is 35.8 Å². The van der Waals surface area contributed by atoms with Gasteiger partial charge in [-0.15, -0.1) is 10.2 Å². The maximum atomic E-state index is 12.5. The number of amides is 2. The molecule has 3 rings (SSSR count). The number of allylic oxidation sites excluding steroid dienone is 1. The maximum Gasteiger partial charge on any atom is 0.421 e. The van der Waals surface area contributed by atoms with Crippen molar-refractivity contribution in [3.63, 3.8) is 0 Å². The Bertz CT molecular complexity index is 968. The Balaban J connectivity index is 1.84. The lowest BCUT2D eigenvalue weighted by molar-refractivity contribution is -0.118. The van der Waals surface area contributed by atoms with Crippen LogP contribution in [0.2, 0.25) is 0 Å². The molecule has 2 aromatic rings. The number of anilines is 2. The molecule has 0 spiro atoms. The van der Waals surface area contributed by atoms with Crippen molar-refractivity contribution in [1.29, 1.82) is 5.26 Å². The minimum absolute atomic E-state index is 0.176. The SMILES string of the molecule is CC(C)(C)OC(=O)N1C(=O)CCc2cc(NC=C(C#N)c3nn[nH]n3)ccc21. The van der Waals surface area contributed by atoms with Crippen LogP contribution in [0.15, 0.2) is 24.4 Å². The minimum Gasteiger partial charge on any atom is -0.443 e. The number of hydrogen-bond donors (Lipinski definition) is 2. The van der Waals surface area contributed by atoms with E-state index in [0.717, 1.165) is 10.5 Å². The van der Waals surface area contributed by atoms with Gasteiger partial charge < -0.3 is 10.1 Å². The number of tetrazole rings is 1. The fraction of sp³-hybridized carbons (Fsp3) is 0.333. The van der Waals surface area contributed by atoms with Crippen molar-refractivity contribution in [2.24, 2.45) is 0 Å². The standard InChI is InChI=1S/C18H19N7O3/c1-18(2,3)28-17(27)25-14-6-5-13(8-11(14)4-7-15(25)26)20-10-12(9-19)16-21-23-24-22-16/h5-6,8,10,20H,4,7H2,1-3H3,(H,21,22,23,24). The molecule has 144 valence electrons. The van der Waals surface area contributed by atoms with Crippen molar-refractivity contribution in [3.8, 4) is 6.07 Å². The number of imide groups is 1. The second-order valence-corrected chi connectivity index (χ2v) is 7.10. The molecule has 1 aromatic carbocycles. The van der Waals surface area contributed by atoms with Crippen molar-refractivity contribution >= 4 is 28.9 Å². The predicted octanol–water partition coefficient (Wildman–Crippen LogP) is 2.39. The summed E-state index contributed by atoms with van der Waals surface area (Å²) >= 11 is 0. The van der Waals surface area contributed by atoms with Crippen LogP contribution in [0.1, 0.15) is 38.6 Å². The van der Waals surface area contributed by atoms with Gasteiger partial charge in [-0.1, -0.05) is 0 Å². The maximum absolute atomic E-state index is 12.5. The van der Waals surface area contributed by atoms with E-state index in [-0.39, 0.29) is 23.7 Å². The number of ether oxygens (including phenoxy) is 1. The molecule has 2 N–H and O–H groups in total. The van der Waals surface area contributed by atoms with Crippen LogP contribution in [-0.4, -0.2) is 38.2 Å². The number of aromatic nitrogens is 4. The smallest absolute Gasteiger partial charge is 0.421 e. The number of benzene rings is 1. The van der Waals surface area contributed by atoms with Gasteiger partial charge in [-0.25, -0.2) is 9.69 Å². The van der Waals surface area contributed by atoms with Crippen LogP contribution < -0.4 is 10.2 Å². The van der Waals surface area contributed by atoms with E-state index in [2.05, 4.69) is 25.9 Å². The van der Waals surface area contributed by atoms with E-state index in [4.69, 9.17) is 4.74 Å². The van der Waals surface area contributed by atoms with E-state index in [0.29, 0.717) is 17.8 Å². The molecule has 0 saturated heterocycles. The topological polar surface area (TPSA) is 137 Å². The predicted molar refractivity (Wildman–Crippen MR) is 99.9 cm³/mol. The fourth-order valence-electron chi connectivity index (χ4n) is 2.67. The molecule has 0 radical (unpaired) electrons. The Morgan fingerprint density at radius 1 is 1.39 bits per heavy atom. The fourth-order valence-corrected chi connectivity index (χ4v) is 2.67. The summed E-state index contributed by atoms with van der Waals surface area (Å²) in [4.78, 5) is 25.8. The highest BCUT2D eigenvalue weighted by Crippen LogP contribution is 2.31. The summed E-state index contributed by atoms with van der Waals surface area (Å²) in [6, 6.07) is 7.18. The van der Waals surface area contributed by atoms with Crippen molar-refractivity contribution < 1.29 is 14.3 Å². The molecule has 0 unspecified atom stereocenters. The number of H-pyrrole nitrogens is 1. The van der Waals surface area contributed by atoms with E-state index in [1.54, 1.807) is 32.9 Å². The number of nitrogens with one attached hydrogen (secondary N) is 2. The first-order chi connectivity index (χ1) is 13.3. The number of carbonyl (C=O) groups excluding carboxylic acids is 2. The number of carbonyl (C=O) groups is 2. The first kappa shape index (κ1) is 19.0. The molecule has 0 aliphatic carbocycles. The van der Waals surface area contributed by atoms with Gasteiger partial charge in [0.25, 0.3) is 0 Å². The average Bonchev–Trinajstić information content (AvgIpc) is 3.15. The van der Waals surface area contributed by atoms with Gasteiger partial charge in [0, 0.05) is 18.3 Å². The monoisotopic (exact) mass is 381 g/mol. The van der Waals surface area contributed by atoms with E-state index in [9.17, 15) is 14.9 Å². The summed E-state index contributed by atoms with van der Waals surface area (Å²) in [7, 11) is 0. The molecule has 2 heterocycles. The number of fused-ring (bicyclic) bond motifs is 1. The molecule has 0 fully saturated rings. The van der Waals surface area contributed by atoms with E-state index in [1.807, 2.05) is 12.1 Å². The Morgan fingerprint density at radius 2 is 2.18 bits per heavy atom. The third kappa shape index (κ3) is 4.15. The zero-order chi connectivity index (χ0) is 20.3. The highest BCUT2D eigenvalue weighted by Gasteiger charge is 2.33. The van der Waals surface area contributed by atoms with Crippen LogP contribution >= 0.6 is 0 Å². The van der Waals surface area contributed by atoms with E-state index >= 15 is 0 Å². The summed E-state index contributed by atoms with van der Waals surface area (Å²) in [5.74, 6) is -0.124. The van der Waals surface area contributed by atoms with Gasteiger partial charge in [-0.3, -0.25) is 4.79 Å². The van der Waals surface area contributed by atoms with Gasteiger partial charge >= 0.3 is 6.09 Å². The number of rotatable bonds is 3. The Kier molecular flexibility index (Phi) is 5.08. The molecule has 1 aliphatic heterocycles. The Labute approximate surface area is 161 Å². The minimum atomic E-state index is -0.704. The molecule has 2 amide bonds. The van der Waals surface area contributed by atoms with Crippen LogP contribution in [0.4, 0.5) is 16.2 Å². The second-order valence-electron chi connectivity index (χ2n) is 7.10. The highest BCUT2D eigenvalue weighted by molar-refractivity contribution is 6.14. The summed E-state index contributed by atoms with van der Waals surface area (Å²) in [6.07, 6.45) is 1.48. The van der Waals surface area contributed by atoms with Crippen LogP contribution in [0.25, 0.3) is 5.57 Å². The molecular weight excluding hydrogens is 362 g/mol. The normalized spacial score (nSPS) is 14.3. The largest absolute Gasteiger partial charge is 0.443 e. The van der Waals surface area contributed by atoms with Crippen LogP contribution in [0.5, 0.6) is 0 Å². The summed E-state index contributed by atoms with van der Waals surface area (Å²) in [5, 5.41) is 25.4. The van der Waals surface area contributed by atoms with Crippen molar-refractivity contribution in [1.82, 2.24) is 20.6 Å². The molecule has 10 nitrogen and oxygen atoms in total. The number of hydrogen-bond acceptors (Lipinski definition) is 8. The second kappa shape index (κ2) is 7.48. The lowest BCUT2D eigenvalue weighted by Gasteiger charge is -2.30. The van der Waals surface area contributed by atoms with Gasteiger partial charge in [-0.05, 0) is 56.2 Å². The summed E-state index contributed by atoms with van der Waals surface area (Å²) in [6.45, 7) is 5.24. The third-order valence-electron chi connectivity index (χ3n) is 3.84. The molecule has 0 bridgehead atoms. The molecule has 28 heavy (non-hydrogen) atoms. The third-order valence-corrected chi connectivity index (χ3v) is 3.84. The average molecular weight is 381 g/mol. The first-order valence-electron chi connectivity index (χ1n) is 8.58. The van der Waals surface area contributed by atoms with E-state index in [1.165, 1.54) is 6.20 Å². The summed E-state index contributed by atoms with van der Waals surface area (Å²) in [5.41, 5.74) is 1.51. The quantitative estimate of drug-likeness (QED) is 0.773. The van der Waals surface area contributed by atoms with Gasteiger partial charge in [0.2, 0.25) is 11.7 Å². The lowest BCUT2D eigenvalue weighted by Crippen LogP contribution is -2.43. The van der Waals surface area contributed by atoms with Gasteiger partial charge in [0.15, 0.2) is 0 Å². The molecule has 0 saturated carbocycles. The number of nitriles is 1. The van der Waals surface area contributed by atoms with E-state index < -0.39 is 11.7 Å². The van der Waals surface area contributed by atoms with Crippen molar-refractivity contribution in [2.45, 2.75) is 39.2 Å². The molecule has 1 aromatic heterocycles. The molecule has 0 atom stereocenters. The number of aromatic amines is 1. The van der Waals surface area contributed by atoms with Gasteiger partial charge in [0.1, 0.15) is 17.2 Å². The number of nitrogens with zero attached hydrogens (tertiary/aromatic N) is 5. The van der Waals surface area contributed by atoms with Crippen LogP contribution in [-0.2, 0) is 16.0 Å². The summed E-state index contributed by atoms with van der Waals surface area (Å²) < 4.78 is 5.35. The Hall–Kier alpha value is -3.74. The van der Waals surface area contributed by atoms with Crippen LogP contribution in [0, 0.1) is 11.3 Å².